The normalized spacial score (nSPS) is 13.0. The van der Waals surface area contributed by atoms with Crippen molar-refractivity contribution in [2.24, 2.45) is 0 Å². The number of aromatic nitrogens is 4. The van der Waals surface area contributed by atoms with Crippen molar-refractivity contribution >= 4 is 20.9 Å². The molecule has 4 rings (SSSR count). The second-order valence-electron chi connectivity index (χ2n) is 7.98. The molecule has 1 atom stereocenters. The minimum Gasteiger partial charge on any atom is -0.424 e. The number of ether oxygens (including phenoxy) is 1. The van der Waals surface area contributed by atoms with Crippen LogP contribution in [0.2, 0.25) is 0 Å². The summed E-state index contributed by atoms with van der Waals surface area (Å²) in [5, 5.41) is 9.44. The monoisotopic (exact) mass is 453 g/mol. The van der Waals surface area contributed by atoms with Crippen LogP contribution < -0.4 is 9.46 Å². The molecule has 2 aromatic heterocycles. The predicted molar refractivity (Wildman–Crippen MR) is 123 cm³/mol. The van der Waals surface area contributed by atoms with Crippen molar-refractivity contribution < 1.29 is 13.2 Å². The Kier molecular flexibility index (Phi) is 6.03. The van der Waals surface area contributed by atoms with Gasteiger partial charge >= 0.3 is 6.01 Å². The van der Waals surface area contributed by atoms with Crippen LogP contribution in [0.1, 0.15) is 51.0 Å². The Morgan fingerprint density at radius 2 is 1.81 bits per heavy atom. The maximum Gasteiger partial charge on any atom is 0.322 e. The molecule has 0 amide bonds. The summed E-state index contributed by atoms with van der Waals surface area (Å²) in [5.41, 5.74) is 2.04. The van der Waals surface area contributed by atoms with Gasteiger partial charge in [0, 0.05) is 24.3 Å². The summed E-state index contributed by atoms with van der Waals surface area (Å²) in [6.07, 6.45) is 1.87. The largest absolute Gasteiger partial charge is 0.424 e. The Bertz CT molecular complexity index is 1320. The van der Waals surface area contributed by atoms with Gasteiger partial charge in [-0.2, -0.15) is 0 Å². The fourth-order valence-electron chi connectivity index (χ4n) is 3.57. The number of benzene rings is 2. The van der Waals surface area contributed by atoms with Crippen LogP contribution in [-0.2, 0) is 16.6 Å². The third kappa shape index (κ3) is 4.39. The standard InChI is InChI=1S/C23H27N5O3S/c1-5-28-22(16(4)27-32(29,30)20-10-7-17(8-11-20)15(2)3)25-26-23(28)31-19-9-6-18-12-13-24-21(18)14-19/h6-16,24,27H,5H2,1-4H3. The van der Waals surface area contributed by atoms with Crippen LogP contribution in [0.25, 0.3) is 10.9 Å². The van der Waals surface area contributed by atoms with Gasteiger partial charge in [0.1, 0.15) is 5.75 Å². The Morgan fingerprint density at radius 1 is 1.06 bits per heavy atom. The molecule has 2 heterocycles. The van der Waals surface area contributed by atoms with E-state index in [9.17, 15) is 8.42 Å². The van der Waals surface area contributed by atoms with Crippen LogP contribution in [0.3, 0.4) is 0 Å². The van der Waals surface area contributed by atoms with E-state index in [0.29, 0.717) is 30.0 Å². The number of nitrogens with zero attached hydrogens (tertiary/aromatic N) is 3. The fourth-order valence-corrected chi connectivity index (χ4v) is 4.78. The Morgan fingerprint density at radius 3 is 2.50 bits per heavy atom. The molecule has 0 aliphatic heterocycles. The van der Waals surface area contributed by atoms with Gasteiger partial charge in [-0.15, -0.1) is 5.10 Å². The highest BCUT2D eigenvalue weighted by Crippen LogP contribution is 2.26. The molecule has 0 saturated heterocycles. The lowest BCUT2D eigenvalue weighted by atomic mass is 10.0. The van der Waals surface area contributed by atoms with Gasteiger partial charge in [0.05, 0.1) is 10.9 Å². The SMILES string of the molecule is CCn1c(Oc2ccc3cc[nH]c3c2)nnc1C(C)NS(=O)(=O)c1ccc(C(C)C)cc1. The lowest BCUT2D eigenvalue weighted by Gasteiger charge is -2.16. The molecule has 0 spiro atoms. The van der Waals surface area contributed by atoms with Crippen LogP contribution >= 0.6 is 0 Å². The summed E-state index contributed by atoms with van der Waals surface area (Å²) in [6.45, 7) is 8.33. The van der Waals surface area contributed by atoms with Crippen molar-refractivity contribution in [3.8, 4) is 11.8 Å². The number of sulfonamides is 1. The van der Waals surface area contributed by atoms with E-state index >= 15 is 0 Å². The van der Waals surface area contributed by atoms with Crippen molar-refractivity contribution in [1.82, 2.24) is 24.5 Å². The van der Waals surface area contributed by atoms with Gasteiger partial charge in [-0.25, -0.2) is 13.1 Å². The highest BCUT2D eigenvalue weighted by molar-refractivity contribution is 7.89. The second kappa shape index (κ2) is 8.76. The number of aromatic amines is 1. The van der Waals surface area contributed by atoms with E-state index < -0.39 is 16.1 Å². The minimum absolute atomic E-state index is 0.215. The number of H-pyrrole nitrogens is 1. The van der Waals surface area contributed by atoms with Gasteiger partial charge in [0.25, 0.3) is 0 Å². The van der Waals surface area contributed by atoms with Crippen molar-refractivity contribution in [2.75, 3.05) is 0 Å². The van der Waals surface area contributed by atoms with Gasteiger partial charge in [-0.3, -0.25) is 4.57 Å². The molecule has 2 aromatic carbocycles. The van der Waals surface area contributed by atoms with E-state index in [1.807, 2.05) is 49.5 Å². The summed E-state index contributed by atoms with van der Waals surface area (Å²) in [4.78, 5) is 3.36. The lowest BCUT2D eigenvalue weighted by molar-refractivity contribution is 0.408. The van der Waals surface area contributed by atoms with Gasteiger partial charge in [0.15, 0.2) is 5.82 Å². The molecular formula is C23H27N5O3S. The Balaban J connectivity index is 1.54. The lowest BCUT2D eigenvalue weighted by Crippen LogP contribution is -2.29. The molecule has 0 bridgehead atoms. The Labute approximate surface area is 187 Å². The molecule has 9 heteroatoms. The molecule has 0 aliphatic carbocycles. The predicted octanol–water partition coefficient (Wildman–Crippen LogP) is 4.73. The second-order valence-corrected chi connectivity index (χ2v) is 9.69. The van der Waals surface area contributed by atoms with E-state index in [4.69, 9.17) is 4.74 Å². The van der Waals surface area contributed by atoms with Gasteiger partial charge < -0.3 is 9.72 Å². The van der Waals surface area contributed by atoms with Crippen molar-refractivity contribution in [2.45, 2.75) is 51.1 Å². The van der Waals surface area contributed by atoms with Crippen LogP contribution in [0.5, 0.6) is 11.8 Å². The molecule has 0 saturated carbocycles. The van der Waals surface area contributed by atoms with Crippen LogP contribution in [0.15, 0.2) is 59.6 Å². The number of hydrogen-bond acceptors (Lipinski definition) is 5. The van der Waals surface area contributed by atoms with Gasteiger partial charge in [-0.05, 0) is 61.0 Å². The zero-order valence-electron chi connectivity index (χ0n) is 18.5. The molecule has 0 fully saturated rings. The molecule has 0 aliphatic rings. The van der Waals surface area contributed by atoms with E-state index in [1.54, 1.807) is 23.6 Å². The first-order valence-electron chi connectivity index (χ1n) is 10.6. The highest BCUT2D eigenvalue weighted by Gasteiger charge is 2.24. The summed E-state index contributed by atoms with van der Waals surface area (Å²) >= 11 is 0. The summed E-state index contributed by atoms with van der Waals surface area (Å²) in [5.74, 6) is 1.43. The van der Waals surface area contributed by atoms with Crippen molar-refractivity contribution in [1.29, 1.82) is 0 Å². The molecule has 8 nitrogen and oxygen atoms in total. The number of fused-ring (bicyclic) bond motifs is 1. The van der Waals surface area contributed by atoms with Gasteiger partial charge in [0.2, 0.25) is 10.0 Å². The van der Waals surface area contributed by atoms with Crippen LogP contribution in [0.4, 0.5) is 0 Å². The topological polar surface area (TPSA) is 102 Å². The molecule has 2 N–H and O–H groups in total. The molecule has 1 unspecified atom stereocenters. The summed E-state index contributed by atoms with van der Waals surface area (Å²) in [6, 6.07) is 14.3. The maximum absolute atomic E-state index is 12.9. The summed E-state index contributed by atoms with van der Waals surface area (Å²) in [7, 11) is -3.72. The van der Waals surface area contributed by atoms with Gasteiger partial charge in [-0.1, -0.05) is 31.1 Å². The fraction of sp³-hybridized carbons (Fsp3) is 0.304. The zero-order chi connectivity index (χ0) is 22.9. The van der Waals surface area contributed by atoms with E-state index in [-0.39, 0.29) is 4.90 Å². The minimum atomic E-state index is -3.72. The first kappa shape index (κ1) is 22.0. The number of rotatable bonds is 8. The van der Waals surface area contributed by atoms with E-state index in [0.717, 1.165) is 16.5 Å². The molecule has 32 heavy (non-hydrogen) atoms. The van der Waals surface area contributed by atoms with Crippen molar-refractivity contribution in [3.05, 3.63) is 66.1 Å². The van der Waals surface area contributed by atoms with E-state index in [2.05, 4.69) is 33.8 Å². The number of nitrogens with one attached hydrogen (secondary N) is 2. The molecule has 4 aromatic rings. The molecule has 168 valence electrons. The van der Waals surface area contributed by atoms with Crippen LogP contribution in [-0.4, -0.2) is 28.2 Å². The molecule has 0 radical (unpaired) electrons. The first-order valence-corrected chi connectivity index (χ1v) is 12.1. The third-order valence-electron chi connectivity index (χ3n) is 5.37. The quantitative estimate of drug-likeness (QED) is 0.401. The smallest absolute Gasteiger partial charge is 0.322 e. The first-order chi connectivity index (χ1) is 15.3. The highest BCUT2D eigenvalue weighted by atomic mass is 32.2. The number of hydrogen-bond donors (Lipinski definition) is 2. The molecular weight excluding hydrogens is 426 g/mol. The third-order valence-corrected chi connectivity index (χ3v) is 6.93. The maximum atomic E-state index is 12.9. The average molecular weight is 454 g/mol. The Hall–Kier alpha value is -3.17. The average Bonchev–Trinajstić information content (AvgIpc) is 3.39. The van der Waals surface area contributed by atoms with Crippen LogP contribution in [0, 0.1) is 0 Å². The van der Waals surface area contributed by atoms with Crippen molar-refractivity contribution in [3.63, 3.8) is 0 Å². The van der Waals surface area contributed by atoms with E-state index in [1.165, 1.54) is 0 Å². The summed E-state index contributed by atoms with van der Waals surface area (Å²) < 4.78 is 36.2. The zero-order valence-corrected chi connectivity index (χ0v) is 19.3.